The number of hydrogen-bond donors (Lipinski definition) is 1. The fourth-order valence-electron chi connectivity index (χ4n) is 4.28. The van der Waals surface area contributed by atoms with Crippen LogP contribution in [-0.4, -0.2) is 65.9 Å². The lowest BCUT2D eigenvalue weighted by Crippen LogP contribution is -2.53. The van der Waals surface area contributed by atoms with Crippen molar-refractivity contribution in [2.75, 3.05) is 27.2 Å². The van der Waals surface area contributed by atoms with E-state index in [2.05, 4.69) is 4.90 Å². The SMILES string of the molecule is CN(C)CCOc1ccc(C2(O)CC3CCC(C2)N3C(=O)OC(C)(C)C)cc1. The van der Waals surface area contributed by atoms with Crippen LogP contribution in [-0.2, 0) is 10.3 Å². The number of amides is 1. The molecule has 28 heavy (non-hydrogen) atoms. The third-order valence-corrected chi connectivity index (χ3v) is 5.57. The summed E-state index contributed by atoms with van der Waals surface area (Å²) in [5.41, 5.74) is -0.521. The number of carbonyl (C=O) groups excluding carboxylic acids is 1. The van der Waals surface area contributed by atoms with Crippen molar-refractivity contribution in [3.8, 4) is 5.75 Å². The first kappa shape index (κ1) is 20.9. The van der Waals surface area contributed by atoms with Gasteiger partial charge in [0.05, 0.1) is 5.60 Å². The van der Waals surface area contributed by atoms with Gasteiger partial charge >= 0.3 is 6.09 Å². The Balaban J connectivity index is 1.66. The highest BCUT2D eigenvalue weighted by Gasteiger charge is 2.51. The summed E-state index contributed by atoms with van der Waals surface area (Å²) in [6, 6.07) is 7.79. The monoisotopic (exact) mass is 390 g/mol. The zero-order valence-electron chi connectivity index (χ0n) is 17.8. The number of nitrogens with zero attached hydrogens (tertiary/aromatic N) is 2. The highest BCUT2D eigenvalue weighted by atomic mass is 16.6. The number of carbonyl (C=O) groups is 1. The zero-order chi connectivity index (χ0) is 20.5. The average molecular weight is 391 g/mol. The molecule has 1 aromatic carbocycles. The molecule has 2 saturated heterocycles. The van der Waals surface area contributed by atoms with Crippen LogP contribution in [0, 0.1) is 0 Å². The van der Waals surface area contributed by atoms with E-state index in [-0.39, 0.29) is 18.2 Å². The number of benzene rings is 1. The van der Waals surface area contributed by atoms with Crippen LogP contribution in [0.1, 0.15) is 52.0 Å². The summed E-state index contributed by atoms with van der Waals surface area (Å²) in [5.74, 6) is 0.809. The molecule has 6 heteroatoms. The average Bonchev–Trinajstić information content (AvgIpc) is 2.86. The summed E-state index contributed by atoms with van der Waals surface area (Å²) in [6.45, 7) is 7.14. The predicted octanol–water partition coefficient (Wildman–Crippen LogP) is 3.38. The standard InChI is InChI=1S/C22H34N2O4/c1-21(2,3)28-20(25)24-17-8-9-18(24)15-22(26,14-17)16-6-10-19(11-7-16)27-13-12-23(4)5/h6-7,10-11,17-18,26H,8-9,12-15H2,1-5H3. The van der Waals surface area contributed by atoms with Crippen molar-refractivity contribution in [3.05, 3.63) is 29.8 Å². The van der Waals surface area contributed by atoms with Gasteiger partial charge in [-0.15, -0.1) is 0 Å². The van der Waals surface area contributed by atoms with E-state index in [9.17, 15) is 9.90 Å². The molecule has 0 saturated carbocycles. The summed E-state index contributed by atoms with van der Waals surface area (Å²) < 4.78 is 11.3. The first-order chi connectivity index (χ1) is 13.1. The number of piperidine rings is 1. The van der Waals surface area contributed by atoms with Gasteiger partial charge in [0.2, 0.25) is 0 Å². The normalized spacial score (nSPS) is 27.2. The van der Waals surface area contributed by atoms with Gasteiger partial charge in [-0.2, -0.15) is 0 Å². The van der Waals surface area contributed by atoms with E-state index in [1.165, 1.54) is 0 Å². The number of likely N-dealkylation sites (N-methyl/N-ethyl adjacent to an activating group) is 1. The van der Waals surface area contributed by atoms with Gasteiger partial charge in [-0.05, 0) is 65.4 Å². The molecule has 0 aliphatic carbocycles. The summed E-state index contributed by atoms with van der Waals surface area (Å²) in [7, 11) is 4.03. The maximum atomic E-state index is 12.6. The van der Waals surface area contributed by atoms with Crippen LogP contribution in [0.3, 0.4) is 0 Å². The van der Waals surface area contributed by atoms with Gasteiger partial charge in [-0.3, -0.25) is 0 Å². The van der Waals surface area contributed by atoms with Crippen LogP contribution in [0.2, 0.25) is 0 Å². The van der Waals surface area contributed by atoms with Crippen molar-refractivity contribution in [3.63, 3.8) is 0 Å². The third kappa shape index (κ3) is 4.78. The first-order valence-electron chi connectivity index (χ1n) is 10.2. The second-order valence-electron chi connectivity index (χ2n) is 9.39. The molecule has 2 atom stereocenters. The number of aliphatic hydroxyl groups is 1. The molecule has 2 fully saturated rings. The Morgan fingerprint density at radius 2 is 1.75 bits per heavy atom. The van der Waals surface area contributed by atoms with Crippen molar-refractivity contribution in [1.82, 2.24) is 9.80 Å². The summed E-state index contributed by atoms with van der Waals surface area (Å²) in [6.07, 6.45) is 2.66. The Hall–Kier alpha value is -1.79. The van der Waals surface area contributed by atoms with Gasteiger partial charge < -0.3 is 24.4 Å². The van der Waals surface area contributed by atoms with E-state index in [0.717, 1.165) is 30.7 Å². The molecule has 2 aliphatic heterocycles. The quantitative estimate of drug-likeness (QED) is 0.835. The second kappa shape index (κ2) is 7.91. The van der Waals surface area contributed by atoms with Gasteiger partial charge in [0.1, 0.15) is 18.0 Å². The smallest absolute Gasteiger partial charge is 0.410 e. The largest absolute Gasteiger partial charge is 0.492 e. The van der Waals surface area contributed by atoms with Gasteiger partial charge in [0.25, 0.3) is 0 Å². The number of hydrogen-bond acceptors (Lipinski definition) is 5. The predicted molar refractivity (Wildman–Crippen MR) is 109 cm³/mol. The van der Waals surface area contributed by atoms with Crippen LogP contribution < -0.4 is 4.74 Å². The Bertz CT molecular complexity index is 667. The number of fused-ring (bicyclic) bond motifs is 2. The summed E-state index contributed by atoms with van der Waals surface area (Å²) >= 11 is 0. The van der Waals surface area contributed by atoms with E-state index in [0.29, 0.717) is 19.4 Å². The molecule has 156 valence electrons. The molecule has 0 spiro atoms. The maximum Gasteiger partial charge on any atom is 0.410 e. The fourth-order valence-corrected chi connectivity index (χ4v) is 4.28. The molecule has 0 radical (unpaired) electrons. The highest BCUT2D eigenvalue weighted by molar-refractivity contribution is 5.69. The molecule has 1 amide bonds. The molecule has 1 N–H and O–H groups in total. The Morgan fingerprint density at radius 1 is 1.18 bits per heavy atom. The minimum atomic E-state index is -0.910. The molecule has 2 heterocycles. The van der Waals surface area contributed by atoms with Crippen LogP contribution in [0.25, 0.3) is 0 Å². The van der Waals surface area contributed by atoms with Gasteiger partial charge in [0.15, 0.2) is 0 Å². The molecule has 2 aliphatic rings. The minimum absolute atomic E-state index is 0.0228. The van der Waals surface area contributed by atoms with Crippen LogP contribution >= 0.6 is 0 Å². The number of rotatable bonds is 5. The van der Waals surface area contributed by atoms with Gasteiger partial charge in [-0.25, -0.2) is 4.79 Å². The van der Waals surface area contributed by atoms with Crippen molar-refractivity contribution < 1.29 is 19.4 Å². The molecule has 1 aromatic rings. The van der Waals surface area contributed by atoms with Crippen molar-refractivity contribution >= 4 is 6.09 Å². The topological polar surface area (TPSA) is 62.2 Å². The Kier molecular flexibility index (Phi) is 5.92. The Morgan fingerprint density at radius 3 is 2.25 bits per heavy atom. The second-order valence-corrected chi connectivity index (χ2v) is 9.39. The molecule has 2 unspecified atom stereocenters. The lowest BCUT2D eigenvalue weighted by atomic mass is 9.80. The number of ether oxygens (including phenoxy) is 2. The maximum absolute atomic E-state index is 12.6. The van der Waals surface area contributed by atoms with E-state index in [4.69, 9.17) is 9.47 Å². The van der Waals surface area contributed by atoms with Gasteiger partial charge in [0, 0.05) is 31.5 Å². The van der Waals surface area contributed by atoms with Crippen molar-refractivity contribution in [2.45, 2.75) is 69.7 Å². The summed E-state index contributed by atoms with van der Waals surface area (Å²) in [4.78, 5) is 16.6. The van der Waals surface area contributed by atoms with Crippen molar-refractivity contribution in [2.24, 2.45) is 0 Å². The molecule has 3 rings (SSSR count). The molecule has 2 bridgehead atoms. The third-order valence-electron chi connectivity index (χ3n) is 5.57. The van der Waals surface area contributed by atoms with Crippen LogP contribution in [0.15, 0.2) is 24.3 Å². The van der Waals surface area contributed by atoms with E-state index >= 15 is 0 Å². The fraction of sp³-hybridized carbons (Fsp3) is 0.682. The zero-order valence-corrected chi connectivity index (χ0v) is 17.8. The first-order valence-corrected chi connectivity index (χ1v) is 10.2. The van der Waals surface area contributed by atoms with Gasteiger partial charge in [-0.1, -0.05) is 12.1 Å². The molecular formula is C22H34N2O4. The Labute approximate surface area is 168 Å². The minimum Gasteiger partial charge on any atom is -0.492 e. The van der Waals surface area contributed by atoms with Crippen LogP contribution in [0.4, 0.5) is 4.79 Å². The molecular weight excluding hydrogens is 356 g/mol. The van der Waals surface area contributed by atoms with Crippen LogP contribution in [0.5, 0.6) is 5.75 Å². The van der Waals surface area contributed by atoms with E-state index in [1.54, 1.807) is 0 Å². The lowest BCUT2D eigenvalue weighted by molar-refractivity contribution is -0.0624. The van der Waals surface area contributed by atoms with E-state index in [1.807, 2.05) is 64.0 Å². The highest BCUT2D eigenvalue weighted by Crippen LogP contribution is 2.46. The molecule has 6 nitrogen and oxygen atoms in total. The van der Waals surface area contributed by atoms with E-state index < -0.39 is 11.2 Å². The van der Waals surface area contributed by atoms with Crippen molar-refractivity contribution in [1.29, 1.82) is 0 Å². The summed E-state index contributed by atoms with van der Waals surface area (Å²) in [5, 5.41) is 11.4. The lowest BCUT2D eigenvalue weighted by Gasteiger charge is -2.44. The molecule has 0 aromatic heterocycles.